The number of fused-ring (bicyclic) bond motifs is 2. The molecule has 2 heterocycles. The molecule has 2 nitrogen and oxygen atoms in total. The smallest absolute Gasteiger partial charge is 0.0187 e. The molecule has 0 aromatic heterocycles. The minimum absolute atomic E-state index is 0.450. The summed E-state index contributed by atoms with van der Waals surface area (Å²) in [6, 6.07) is 2.08. The molecule has 0 radical (unpaired) electrons. The van der Waals surface area contributed by atoms with Crippen LogP contribution >= 0.6 is 0 Å². The molecule has 3 aliphatic rings. The fraction of sp³-hybridized carbons (Fsp3) is 1.00. The molecule has 2 unspecified atom stereocenters. The van der Waals surface area contributed by atoms with E-state index in [4.69, 9.17) is 5.73 Å². The lowest BCUT2D eigenvalue weighted by molar-refractivity contribution is 0.0122. The molecule has 1 aliphatic carbocycles. The summed E-state index contributed by atoms with van der Waals surface area (Å²) in [5.74, 6) is 0.968. The molecule has 15 heavy (non-hydrogen) atoms. The van der Waals surface area contributed by atoms with Gasteiger partial charge in [-0.3, -0.25) is 4.90 Å². The van der Waals surface area contributed by atoms with E-state index in [0.29, 0.717) is 11.6 Å². The standard InChI is InChI=1S/C13H24N2/c1-13(2,9-3-4-9)15-11-5-6-12(15)8-10(14)7-11/h9-12H,3-8,14H2,1-2H3. The molecule has 1 saturated carbocycles. The Morgan fingerprint density at radius 3 is 2.00 bits per heavy atom. The van der Waals surface area contributed by atoms with E-state index in [2.05, 4.69) is 18.7 Å². The molecule has 2 N–H and O–H groups in total. The maximum atomic E-state index is 6.13. The van der Waals surface area contributed by atoms with Crippen LogP contribution in [0.15, 0.2) is 0 Å². The lowest BCUT2D eigenvalue weighted by Crippen LogP contribution is -2.57. The van der Waals surface area contributed by atoms with Crippen molar-refractivity contribution in [1.29, 1.82) is 0 Å². The molecule has 86 valence electrons. The van der Waals surface area contributed by atoms with Gasteiger partial charge in [0, 0.05) is 23.7 Å². The second kappa shape index (κ2) is 3.21. The third-order valence-corrected chi connectivity index (χ3v) is 5.01. The van der Waals surface area contributed by atoms with Crippen LogP contribution in [0.25, 0.3) is 0 Å². The molecule has 3 fully saturated rings. The molecule has 2 atom stereocenters. The van der Waals surface area contributed by atoms with Crippen LogP contribution in [0.3, 0.4) is 0 Å². The summed E-state index contributed by atoms with van der Waals surface area (Å²) in [6.07, 6.45) is 8.19. The van der Waals surface area contributed by atoms with Crippen molar-refractivity contribution in [2.45, 2.75) is 76.0 Å². The SMILES string of the molecule is CC(C)(C1CC1)N1C2CCC1CC(N)C2. The van der Waals surface area contributed by atoms with Crippen LogP contribution in [0.4, 0.5) is 0 Å². The second-order valence-corrected chi connectivity index (χ2v) is 6.45. The zero-order chi connectivity index (χ0) is 10.6. The topological polar surface area (TPSA) is 29.3 Å². The highest BCUT2D eigenvalue weighted by Crippen LogP contribution is 2.49. The van der Waals surface area contributed by atoms with Crippen molar-refractivity contribution in [2.75, 3.05) is 0 Å². The first-order valence-electron chi connectivity index (χ1n) is 6.63. The van der Waals surface area contributed by atoms with E-state index >= 15 is 0 Å². The lowest BCUT2D eigenvalue weighted by Gasteiger charge is -2.48. The van der Waals surface area contributed by atoms with Crippen molar-refractivity contribution in [3.63, 3.8) is 0 Å². The van der Waals surface area contributed by atoms with Crippen LogP contribution in [0.2, 0.25) is 0 Å². The van der Waals surface area contributed by atoms with Crippen LogP contribution in [0.5, 0.6) is 0 Å². The summed E-state index contributed by atoms with van der Waals surface area (Å²) in [4.78, 5) is 2.84. The van der Waals surface area contributed by atoms with Crippen LogP contribution in [0, 0.1) is 5.92 Å². The first-order chi connectivity index (χ1) is 7.09. The van der Waals surface area contributed by atoms with Crippen molar-refractivity contribution >= 4 is 0 Å². The molecule has 0 amide bonds. The van der Waals surface area contributed by atoms with Gasteiger partial charge in [-0.1, -0.05) is 0 Å². The van der Waals surface area contributed by atoms with Crippen molar-refractivity contribution < 1.29 is 0 Å². The average Bonchev–Trinajstić information content (AvgIpc) is 2.93. The Bertz CT molecular complexity index is 243. The van der Waals surface area contributed by atoms with Crippen molar-refractivity contribution in [3.05, 3.63) is 0 Å². The van der Waals surface area contributed by atoms with Crippen LogP contribution in [0.1, 0.15) is 52.4 Å². The van der Waals surface area contributed by atoms with E-state index in [1.54, 1.807) is 0 Å². The summed E-state index contributed by atoms with van der Waals surface area (Å²) in [5, 5.41) is 0. The van der Waals surface area contributed by atoms with Gasteiger partial charge < -0.3 is 5.73 Å². The molecule has 2 bridgehead atoms. The molecule has 2 aliphatic heterocycles. The lowest BCUT2D eigenvalue weighted by atomic mass is 9.88. The van der Waals surface area contributed by atoms with Gasteiger partial charge in [0.15, 0.2) is 0 Å². The van der Waals surface area contributed by atoms with Gasteiger partial charge in [0.1, 0.15) is 0 Å². The first-order valence-corrected chi connectivity index (χ1v) is 6.63. The van der Waals surface area contributed by atoms with Gasteiger partial charge in [-0.25, -0.2) is 0 Å². The highest BCUT2D eigenvalue weighted by atomic mass is 15.3. The van der Waals surface area contributed by atoms with Gasteiger partial charge in [0.25, 0.3) is 0 Å². The fourth-order valence-corrected chi connectivity index (χ4v) is 4.16. The van der Waals surface area contributed by atoms with Gasteiger partial charge in [-0.15, -0.1) is 0 Å². The van der Waals surface area contributed by atoms with Crippen LogP contribution in [-0.2, 0) is 0 Å². The number of nitrogens with zero attached hydrogens (tertiary/aromatic N) is 1. The summed E-state index contributed by atoms with van der Waals surface area (Å²) in [7, 11) is 0. The monoisotopic (exact) mass is 208 g/mol. The summed E-state index contributed by atoms with van der Waals surface area (Å²) in [6.45, 7) is 4.93. The number of rotatable bonds is 2. The Morgan fingerprint density at radius 2 is 1.53 bits per heavy atom. The summed E-state index contributed by atoms with van der Waals surface area (Å²) >= 11 is 0. The summed E-state index contributed by atoms with van der Waals surface area (Å²) in [5.41, 5.74) is 6.58. The Morgan fingerprint density at radius 1 is 1.00 bits per heavy atom. The molecule has 0 spiro atoms. The maximum absolute atomic E-state index is 6.13. The predicted octanol–water partition coefficient (Wildman–Crippen LogP) is 2.13. The Hall–Kier alpha value is -0.0800. The molecule has 0 aromatic rings. The van der Waals surface area contributed by atoms with Gasteiger partial charge >= 0.3 is 0 Å². The Kier molecular flexibility index (Phi) is 2.16. The maximum Gasteiger partial charge on any atom is 0.0187 e. The zero-order valence-electron chi connectivity index (χ0n) is 10.1. The highest BCUT2D eigenvalue weighted by Gasteiger charge is 2.51. The molecular weight excluding hydrogens is 184 g/mol. The van der Waals surface area contributed by atoms with Gasteiger partial charge in [0.05, 0.1) is 0 Å². The number of hydrogen-bond acceptors (Lipinski definition) is 2. The van der Waals surface area contributed by atoms with Crippen LogP contribution in [-0.4, -0.2) is 28.6 Å². The quantitative estimate of drug-likeness (QED) is 0.753. The van der Waals surface area contributed by atoms with Gasteiger partial charge in [-0.2, -0.15) is 0 Å². The molecule has 2 saturated heterocycles. The number of piperidine rings is 1. The van der Waals surface area contributed by atoms with E-state index < -0.39 is 0 Å². The van der Waals surface area contributed by atoms with Crippen molar-refractivity contribution in [1.82, 2.24) is 4.90 Å². The molecular formula is C13H24N2. The van der Waals surface area contributed by atoms with Gasteiger partial charge in [0.2, 0.25) is 0 Å². The van der Waals surface area contributed by atoms with Crippen molar-refractivity contribution in [3.8, 4) is 0 Å². The van der Waals surface area contributed by atoms with Crippen LogP contribution < -0.4 is 5.73 Å². The summed E-state index contributed by atoms with van der Waals surface area (Å²) < 4.78 is 0. The first kappa shape index (κ1) is 10.1. The predicted molar refractivity (Wildman–Crippen MR) is 62.7 cm³/mol. The van der Waals surface area contributed by atoms with E-state index in [9.17, 15) is 0 Å². The number of hydrogen-bond donors (Lipinski definition) is 1. The molecule has 2 heteroatoms. The van der Waals surface area contributed by atoms with E-state index in [-0.39, 0.29) is 0 Å². The highest BCUT2D eigenvalue weighted by molar-refractivity contribution is 5.06. The minimum Gasteiger partial charge on any atom is -0.328 e. The van der Waals surface area contributed by atoms with E-state index in [1.807, 2.05) is 0 Å². The molecule has 0 aromatic carbocycles. The van der Waals surface area contributed by atoms with E-state index in [1.165, 1.54) is 38.5 Å². The third-order valence-electron chi connectivity index (χ3n) is 5.01. The van der Waals surface area contributed by atoms with Crippen molar-refractivity contribution in [2.24, 2.45) is 11.7 Å². The Labute approximate surface area is 93.2 Å². The van der Waals surface area contributed by atoms with E-state index in [0.717, 1.165) is 18.0 Å². The second-order valence-electron chi connectivity index (χ2n) is 6.45. The van der Waals surface area contributed by atoms with Gasteiger partial charge in [-0.05, 0) is 58.3 Å². The number of nitrogens with two attached hydrogens (primary N) is 1. The normalized spacial score (nSPS) is 42.2. The average molecular weight is 208 g/mol. The fourth-order valence-electron chi connectivity index (χ4n) is 4.16. The zero-order valence-corrected chi connectivity index (χ0v) is 10.1. The Balaban J connectivity index is 1.81. The minimum atomic E-state index is 0.450. The largest absolute Gasteiger partial charge is 0.328 e. The third kappa shape index (κ3) is 1.53. The molecule has 3 rings (SSSR count).